The number of carbonyl (C=O) groups excluding carboxylic acids is 1. The number of thiazole rings is 1. The van der Waals surface area contributed by atoms with Gasteiger partial charge in [-0.1, -0.05) is 11.6 Å². The number of aromatic nitrogens is 3. The molecule has 2 aromatic heterocycles. The van der Waals surface area contributed by atoms with Crippen LogP contribution in [0.3, 0.4) is 0 Å². The highest BCUT2D eigenvalue weighted by atomic mass is 35.5. The number of nitrogens with zero attached hydrogens (tertiary/aromatic N) is 3. The van der Waals surface area contributed by atoms with Gasteiger partial charge in [0.15, 0.2) is 5.13 Å². The molecule has 0 saturated carbocycles. The third-order valence-electron chi connectivity index (χ3n) is 1.51. The summed E-state index contributed by atoms with van der Waals surface area (Å²) >= 11 is 6.88. The van der Waals surface area contributed by atoms with E-state index in [1.807, 2.05) is 0 Å². The number of hydrogen-bond acceptors (Lipinski definition) is 5. The molecule has 0 spiro atoms. The van der Waals surface area contributed by atoms with E-state index in [0.717, 1.165) is 0 Å². The molecular formula is C8H5ClN4OS. The zero-order valence-corrected chi connectivity index (χ0v) is 8.92. The maximum absolute atomic E-state index is 11.5. The summed E-state index contributed by atoms with van der Waals surface area (Å²) in [4.78, 5) is 23.0. The van der Waals surface area contributed by atoms with Crippen LogP contribution in [0.15, 0.2) is 24.0 Å². The fraction of sp³-hybridized carbons (Fsp3) is 0. The number of rotatable bonds is 2. The minimum absolute atomic E-state index is 0.203. The van der Waals surface area contributed by atoms with Crippen molar-refractivity contribution >= 4 is 34.0 Å². The Balaban J connectivity index is 2.11. The van der Waals surface area contributed by atoms with Crippen LogP contribution in [0.2, 0.25) is 5.15 Å². The standard InChI is InChI=1S/C8H5ClN4OS/c9-6-4-11-5(3-12-6)7(14)13-8-10-1-2-15-8/h1-4H,(H,10,13,14). The first-order valence-electron chi connectivity index (χ1n) is 3.94. The molecule has 2 heterocycles. The SMILES string of the molecule is O=C(Nc1nccs1)c1cnc(Cl)cn1. The van der Waals surface area contributed by atoms with Gasteiger partial charge < -0.3 is 0 Å². The fourth-order valence-corrected chi connectivity index (χ4v) is 1.50. The summed E-state index contributed by atoms with van der Waals surface area (Å²) < 4.78 is 0. The van der Waals surface area contributed by atoms with Gasteiger partial charge in [0.2, 0.25) is 0 Å². The molecule has 0 bridgehead atoms. The summed E-state index contributed by atoms with van der Waals surface area (Å²) in [5.74, 6) is -0.353. The van der Waals surface area contributed by atoms with Gasteiger partial charge >= 0.3 is 0 Å². The molecule has 0 atom stereocenters. The molecule has 0 aliphatic carbocycles. The van der Waals surface area contributed by atoms with E-state index in [9.17, 15) is 4.79 Å². The molecule has 0 aliphatic heterocycles. The van der Waals surface area contributed by atoms with Gasteiger partial charge in [-0.3, -0.25) is 10.1 Å². The molecule has 0 unspecified atom stereocenters. The van der Waals surface area contributed by atoms with Gasteiger partial charge in [0.1, 0.15) is 10.8 Å². The van der Waals surface area contributed by atoms with Gasteiger partial charge in [-0.25, -0.2) is 15.0 Å². The monoisotopic (exact) mass is 240 g/mol. The normalized spacial score (nSPS) is 9.93. The Morgan fingerprint density at radius 1 is 1.33 bits per heavy atom. The van der Waals surface area contributed by atoms with Crippen LogP contribution in [0.1, 0.15) is 10.5 Å². The highest BCUT2D eigenvalue weighted by Crippen LogP contribution is 2.11. The second-order valence-electron chi connectivity index (χ2n) is 2.52. The lowest BCUT2D eigenvalue weighted by Gasteiger charge is -1.99. The van der Waals surface area contributed by atoms with Crippen LogP contribution in [0.5, 0.6) is 0 Å². The van der Waals surface area contributed by atoms with E-state index in [0.29, 0.717) is 5.13 Å². The van der Waals surface area contributed by atoms with Crippen molar-refractivity contribution in [2.75, 3.05) is 5.32 Å². The molecule has 0 radical (unpaired) electrons. The summed E-state index contributed by atoms with van der Waals surface area (Å²) in [5.41, 5.74) is 0.203. The molecule has 76 valence electrons. The summed E-state index contributed by atoms with van der Waals surface area (Å²) in [5, 5.41) is 5.12. The van der Waals surface area contributed by atoms with Gasteiger partial charge in [0.05, 0.1) is 12.4 Å². The van der Waals surface area contributed by atoms with Crippen LogP contribution in [0, 0.1) is 0 Å². The van der Waals surface area contributed by atoms with Gasteiger partial charge in [0.25, 0.3) is 5.91 Å². The second-order valence-corrected chi connectivity index (χ2v) is 3.80. The number of carbonyl (C=O) groups is 1. The summed E-state index contributed by atoms with van der Waals surface area (Å²) in [7, 11) is 0. The first-order chi connectivity index (χ1) is 7.25. The lowest BCUT2D eigenvalue weighted by Crippen LogP contribution is -2.13. The predicted octanol–water partition coefficient (Wildman–Crippen LogP) is 1.84. The Bertz CT molecular complexity index is 456. The first-order valence-corrected chi connectivity index (χ1v) is 5.20. The van der Waals surface area contributed by atoms with Crippen molar-refractivity contribution in [1.29, 1.82) is 0 Å². The molecule has 0 saturated heterocycles. The van der Waals surface area contributed by atoms with Gasteiger partial charge in [-0.15, -0.1) is 11.3 Å². The Kier molecular flexibility index (Phi) is 2.89. The highest BCUT2D eigenvalue weighted by Gasteiger charge is 2.08. The average molecular weight is 241 g/mol. The van der Waals surface area contributed by atoms with Crippen molar-refractivity contribution in [1.82, 2.24) is 15.0 Å². The predicted molar refractivity (Wildman–Crippen MR) is 57.1 cm³/mol. The average Bonchev–Trinajstić information content (AvgIpc) is 2.71. The van der Waals surface area contributed by atoms with Crippen LogP contribution < -0.4 is 5.32 Å². The van der Waals surface area contributed by atoms with Gasteiger partial charge in [-0.05, 0) is 0 Å². The third-order valence-corrected chi connectivity index (χ3v) is 2.39. The van der Waals surface area contributed by atoms with Crippen molar-refractivity contribution in [3.63, 3.8) is 0 Å². The van der Waals surface area contributed by atoms with Crippen LogP contribution in [-0.4, -0.2) is 20.9 Å². The smallest absolute Gasteiger partial charge is 0.277 e. The maximum Gasteiger partial charge on any atom is 0.277 e. The minimum Gasteiger partial charge on any atom is -0.296 e. The van der Waals surface area contributed by atoms with Crippen LogP contribution in [0.4, 0.5) is 5.13 Å². The molecular weight excluding hydrogens is 236 g/mol. The Morgan fingerprint density at radius 3 is 2.80 bits per heavy atom. The zero-order valence-electron chi connectivity index (χ0n) is 7.35. The van der Waals surface area contributed by atoms with Crippen LogP contribution in [-0.2, 0) is 0 Å². The van der Waals surface area contributed by atoms with E-state index in [4.69, 9.17) is 11.6 Å². The Hall–Kier alpha value is -1.53. The lowest BCUT2D eigenvalue weighted by molar-refractivity contribution is 0.102. The van der Waals surface area contributed by atoms with Crippen molar-refractivity contribution in [2.45, 2.75) is 0 Å². The summed E-state index contributed by atoms with van der Waals surface area (Å²) in [6.45, 7) is 0. The third kappa shape index (κ3) is 2.48. The minimum atomic E-state index is -0.353. The quantitative estimate of drug-likeness (QED) is 0.870. The molecule has 2 aromatic rings. The Morgan fingerprint density at radius 2 is 2.20 bits per heavy atom. The summed E-state index contributed by atoms with van der Waals surface area (Å²) in [6.07, 6.45) is 4.23. The number of nitrogens with one attached hydrogen (secondary N) is 1. The van der Waals surface area contributed by atoms with Crippen molar-refractivity contribution in [3.05, 3.63) is 34.8 Å². The Labute approximate surface area is 94.2 Å². The maximum atomic E-state index is 11.5. The van der Waals surface area contributed by atoms with Gasteiger partial charge in [0, 0.05) is 11.6 Å². The molecule has 15 heavy (non-hydrogen) atoms. The molecule has 1 amide bonds. The van der Waals surface area contributed by atoms with Gasteiger partial charge in [-0.2, -0.15) is 0 Å². The van der Waals surface area contributed by atoms with Crippen LogP contribution in [0.25, 0.3) is 0 Å². The molecule has 7 heteroatoms. The molecule has 5 nitrogen and oxygen atoms in total. The first kappa shape index (κ1) is 10.0. The van der Waals surface area contributed by atoms with Crippen molar-refractivity contribution < 1.29 is 4.79 Å². The highest BCUT2D eigenvalue weighted by molar-refractivity contribution is 7.13. The zero-order chi connectivity index (χ0) is 10.7. The molecule has 0 fully saturated rings. The van der Waals surface area contributed by atoms with Crippen molar-refractivity contribution in [3.8, 4) is 0 Å². The van der Waals surface area contributed by atoms with E-state index in [2.05, 4.69) is 20.3 Å². The summed E-state index contributed by atoms with van der Waals surface area (Å²) in [6, 6.07) is 0. The lowest BCUT2D eigenvalue weighted by atomic mass is 10.4. The number of halogens is 1. The van der Waals surface area contributed by atoms with E-state index in [-0.39, 0.29) is 16.8 Å². The van der Waals surface area contributed by atoms with Crippen molar-refractivity contribution in [2.24, 2.45) is 0 Å². The molecule has 2 rings (SSSR count). The topological polar surface area (TPSA) is 67.8 Å². The number of amides is 1. The van der Waals surface area contributed by atoms with Crippen LogP contribution >= 0.6 is 22.9 Å². The number of anilines is 1. The van der Waals surface area contributed by atoms with E-state index < -0.39 is 0 Å². The van der Waals surface area contributed by atoms with E-state index in [1.165, 1.54) is 23.7 Å². The molecule has 0 aromatic carbocycles. The largest absolute Gasteiger partial charge is 0.296 e. The van der Waals surface area contributed by atoms with E-state index >= 15 is 0 Å². The molecule has 1 N–H and O–H groups in total. The molecule has 0 aliphatic rings. The van der Waals surface area contributed by atoms with E-state index in [1.54, 1.807) is 11.6 Å². The second kappa shape index (κ2) is 4.33. The fourth-order valence-electron chi connectivity index (χ4n) is 0.876. The number of hydrogen-bond donors (Lipinski definition) is 1.